The van der Waals surface area contributed by atoms with Crippen molar-refractivity contribution in [3.8, 4) is 11.3 Å². The molecule has 4 heterocycles. The van der Waals surface area contributed by atoms with Gasteiger partial charge >= 0.3 is 0 Å². The van der Waals surface area contributed by atoms with E-state index in [1.54, 1.807) is 6.20 Å². The van der Waals surface area contributed by atoms with Crippen molar-refractivity contribution in [1.82, 2.24) is 24.3 Å². The minimum absolute atomic E-state index is 0.792. The molecule has 7 heteroatoms. The summed E-state index contributed by atoms with van der Waals surface area (Å²) in [6, 6.07) is 12.1. The number of benzene rings is 1. The molecule has 0 spiro atoms. The fraction of sp³-hybridized carbons (Fsp3) is 0.227. The second kappa shape index (κ2) is 7.81. The van der Waals surface area contributed by atoms with Gasteiger partial charge in [0, 0.05) is 68.1 Å². The van der Waals surface area contributed by atoms with Crippen LogP contribution in [0, 0.1) is 0 Å². The summed E-state index contributed by atoms with van der Waals surface area (Å²) in [4.78, 5) is 18.3. The smallest absolute Gasteiger partial charge is 0.180 e. The minimum atomic E-state index is 0.792. The number of hydrogen-bond acceptors (Lipinski definition) is 5. The van der Waals surface area contributed by atoms with Crippen LogP contribution < -0.4 is 4.90 Å². The summed E-state index contributed by atoms with van der Waals surface area (Å²) < 4.78 is 2.09. The number of rotatable bonds is 4. The first kappa shape index (κ1) is 18.1. The largest absolute Gasteiger partial charge is 0.351 e. The maximum absolute atomic E-state index is 6.12. The SMILES string of the molecule is Clc1cccc(CN2CCN(c3nccn4c(-c5cccnc5)cnc34)CC2)c1. The van der Waals surface area contributed by atoms with Gasteiger partial charge in [-0.3, -0.25) is 14.3 Å². The van der Waals surface area contributed by atoms with Gasteiger partial charge in [0.2, 0.25) is 0 Å². The Balaban J connectivity index is 1.34. The van der Waals surface area contributed by atoms with E-state index in [2.05, 4.69) is 35.2 Å². The van der Waals surface area contributed by atoms with Crippen LogP contribution in [0.3, 0.4) is 0 Å². The predicted molar refractivity (Wildman–Crippen MR) is 115 cm³/mol. The second-order valence-electron chi connectivity index (χ2n) is 7.22. The van der Waals surface area contributed by atoms with E-state index in [4.69, 9.17) is 11.6 Å². The lowest BCUT2D eigenvalue weighted by atomic mass is 10.2. The van der Waals surface area contributed by atoms with E-state index >= 15 is 0 Å². The lowest BCUT2D eigenvalue weighted by Gasteiger charge is -2.35. The van der Waals surface area contributed by atoms with E-state index < -0.39 is 0 Å². The summed E-state index contributed by atoms with van der Waals surface area (Å²) in [6.45, 7) is 4.71. The molecule has 4 aromatic rings. The molecule has 0 N–H and O–H groups in total. The highest BCUT2D eigenvalue weighted by Crippen LogP contribution is 2.25. The molecule has 1 fully saturated rings. The first-order valence-corrected chi connectivity index (χ1v) is 10.1. The first-order chi connectivity index (χ1) is 14.3. The number of imidazole rings is 1. The Bertz CT molecular complexity index is 1120. The van der Waals surface area contributed by atoms with Crippen LogP contribution in [-0.2, 0) is 6.54 Å². The van der Waals surface area contributed by atoms with Crippen molar-refractivity contribution < 1.29 is 0 Å². The van der Waals surface area contributed by atoms with Crippen molar-refractivity contribution in [1.29, 1.82) is 0 Å². The second-order valence-corrected chi connectivity index (χ2v) is 7.66. The molecule has 1 aliphatic rings. The third-order valence-corrected chi connectivity index (χ3v) is 5.57. The fourth-order valence-corrected chi connectivity index (χ4v) is 4.08. The van der Waals surface area contributed by atoms with Gasteiger partial charge in [0.1, 0.15) is 0 Å². The monoisotopic (exact) mass is 404 g/mol. The fourth-order valence-electron chi connectivity index (χ4n) is 3.87. The van der Waals surface area contributed by atoms with Crippen LogP contribution in [0.1, 0.15) is 5.56 Å². The Labute approximate surface area is 174 Å². The van der Waals surface area contributed by atoms with Crippen LogP contribution in [0.2, 0.25) is 5.02 Å². The van der Waals surface area contributed by atoms with Crippen LogP contribution in [0.5, 0.6) is 0 Å². The molecule has 146 valence electrons. The zero-order valence-electron chi connectivity index (χ0n) is 15.9. The number of hydrogen-bond donors (Lipinski definition) is 0. The van der Waals surface area contributed by atoms with Gasteiger partial charge in [0.25, 0.3) is 0 Å². The number of aromatic nitrogens is 4. The number of pyridine rings is 1. The maximum Gasteiger partial charge on any atom is 0.180 e. The highest BCUT2D eigenvalue weighted by atomic mass is 35.5. The van der Waals surface area contributed by atoms with Crippen LogP contribution in [0.15, 0.2) is 67.4 Å². The molecule has 1 aromatic carbocycles. The topological polar surface area (TPSA) is 49.6 Å². The predicted octanol–water partition coefficient (Wildman–Crippen LogP) is 3.77. The van der Waals surface area contributed by atoms with Crippen molar-refractivity contribution >= 4 is 23.1 Å². The summed E-state index contributed by atoms with van der Waals surface area (Å²) in [5, 5.41) is 0.792. The molecule has 5 rings (SSSR count). The number of nitrogens with zero attached hydrogens (tertiary/aromatic N) is 6. The van der Waals surface area contributed by atoms with E-state index in [1.165, 1.54) is 5.56 Å². The zero-order chi connectivity index (χ0) is 19.6. The number of anilines is 1. The Morgan fingerprint density at radius 2 is 1.83 bits per heavy atom. The summed E-state index contributed by atoms with van der Waals surface area (Å²) in [6.07, 6.45) is 9.35. The summed E-state index contributed by atoms with van der Waals surface area (Å²) in [7, 11) is 0. The number of piperazine rings is 1. The third kappa shape index (κ3) is 3.69. The third-order valence-electron chi connectivity index (χ3n) is 5.33. The summed E-state index contributed by atoms with van der Waals surface area (Å²) in [5.41, 5.74) is 4.20. The Hall–Kier alpha value is -2.96. The normalized spacial score (nSPS) is 15.1. The molecule has 0 aliphatic carbocycles. The quantitative estimate of drug-likeness (QED) is 0.518. The maximum atomic E-state index is 6.12. The summed E-state index contributed by atoms with van der Waals surface area (Å²) in [5.74, 6) is 0.935. The van der Waals surface area contributed by atoms with Crippen molar-refractivity contribution in [3.63, 3.8) is 0 Å². The number of fused-ring (bicyclic) bond motifs is 1. The van der Waals surface area contributed by atoms with Crippen molar-refractivity contribution in [2.75, 3.05) is 31.1 Å². The number of halogens is 1. The van der Waals surface area contributed by atoms with Gasteiger partial charge in [-0.15, -0.1) is 0 Å². The molecular weight excluding hydrogens is 384 g/mol. The van der Waals surface area contributed by atoms with Gasteiger partial charge in [-0.05, 0) is 29.8 Å². The molecule has 1 aliphatic heterocycles. The Morgan fingerprint density at radius 3 is 2.62 bits per heavy atom. The van der Waals surface area contributed by atoms with Gasteiger partial charge in [0.15, 0.2) is 11.5 Å². The molecule has 0 unspecified atom stereocenters. The lowest BCUT2D eigenvalue weighted by molar-refractivity contribution is 0.249. The van der Waals surface area contributed by atoms with Crippen LogP contribution in [0.4, 0.5) is 5.82 Å². The van der Waals surface area contributed by atoms with E-state index in [1.807, 2.05) is 55.1 Å². The molecule has 3 aromatic heterocycles. The first-order valence-electron chi connectivity index (χ1n) is 9.72. The van der Waals surface area contributed by atoms with Gasteiger partial charge in [-0.1, -0.05) is 23.7 Å². The molecule has 6 nitrogen and oxygen atoms in total. The highest BCUT2D eigenvalue weighted by Gasteiger charge is 2.21. The molecule has 0 amide bonds. The lowest BCUT2D eigenvalue weighted by Crippen LogP contribution is -2.46. The van der Waals surface area contributed by atoms with Gasteiger partial charge in [-0.2, -0.15) is 0 Å². The van der Waals surface area contributed by atoms with Gasteiger partial charge in [0.05, 0.1) is 11.9 Å². The molecule has 29 heavy (non-hydrogen) atoms. The van der Waals surface area contributed by atoms with Crippen molar-refractivity contribution in [3.05, 3.63) is 78.0 Å². The molecule has 0 radical (unpaired) electrons. The van der Waals surface area contributed by atoms with E-state index in [9.17, 15) is 0 Å². The summed E-state index contributed by atoms with van der Waals surface area (Å²) >= 11 is 6.12. The van der Waals surface area contributed by atoms with Crippen LogP contribution in [0.25, 0.3) is 16.9 Å². The van der Waals surface area contributed by atoms with E-state index in [0.29, 0.717) is 0 Å². The van der Waals surface area contributed by atoms with Crippen molar-refractivity contribution in [2.45, 2.75) is 6.54 Å². The highest BCUT2D eigenvalue weighted by molar-refractivity contribution is 6.30. The van der Waals surface area contributed by atoms with Crippen LogP contribution >= 0.6 is 11.6 Å². The van der Waals surface area contributed by atoms with E-state index in [-0.39, 0.29) is 0 Å². The minimum Gasteiger partial charge on any atom is -0.351 e. The molecule has 1 saturated heterocycles. The van der Waals surface area contributed by atoms with Crippen molar-refractivity contribution in [2.24, 2.45) is 0 Å². The Morgan fingerprint density at radius 1 is 0.931 bits per heavy atom. The van der Waals surface area contributed by atoms with Crippen LogP contribution in [-0.4, -0.2) is 50.4 Å². The zero-order valence-corrected chi connectivity index (χ0v) is 16.7. The van der Waals surface area contributed by atoms with E-state index in [0.717, 1.165) is 60.5 Å². The van der Waals surface area contributed by atoms with Gasteiger partial charge in [-0.25, -0.2) is 9.97 Å². The molecule has 0 atom stereocenters. The Kier molecular flexibility index (Phi) is 4.87. The molecule has 0 bridgehead atoms. The molecular formula is C22H21ClN6. The average molecular weight is 405 g/mol. The molecule has 0 saturated carbocycles. The standard InChI is InChI=1S/C22H21ClN6/c23-19-5-1-3-17(13-19)16-27-9-11-28(12-10-27)21-22-26-15-20(29(22)8-7-25-21)18-4-2-6-24-14-18/h1-8,13-15H,9-12,16H2. The van der Waals surface area contributed by atoms with Gasteiger partial charge < -0.3 is 4.90 Å². The average Bonchev–Trinajstić information content (AvgIpc) is 3.19.